The molecular formula is C31H35N3O7. The van der Waals surface area contributed by atoms with Gasteiger partial charge in [-0.05, 0) is 42.2 Å². The highest BCUT2D eigenvalue weighted by atomic mass is 16.6. The van der Waals surface area contributed by atoms with Gasteiger partial charge >= 0.3 is 5.69 Å². The Morgan fingerprint density at radius 1 is 0.951 bits per heavy atom. The van der Waals surface area contributed by atoms with Gasteiger partial charge in [0.15, 0.2) is 6.61 Å². The molecule has 41 heavy (non-hydrogen) atoms. The monoisotopic (exact) mass is 561 g/mol. The molecule has 0 aliphatic heterocycles. The van der Waals surface area contributed by atoms with Crippen LogP contribution in [0, 0.1) is 10.1 Å². The molecule has 10 nitrogen and oxygen atoms in total. The third kappa shape index (κ3) is 7.97. The summed E-state index contributed by atoms with van der Waals surface area (Å²) < 4.78 is 16.3. The summed E-state index contributed by atoms with van der Waals surface area (Å²) in [4.78, 5) is 39.8. The van der Waals surface area contributed by atoms with Crippen molar-refractivity contribution in [2.45, 2.75) is 50.7 Å². The first kappa shape index (κ1) is 29.4. The molecule has 3 aromatic rings. The molecule has 1 N–H and O–H groups in total. The number of amides is 2. The average Bonchev–Trinajstić information content (AvgIpc) is 3.51. The summed E-state index contributed by atoms with van der Waals surface area (Å²) in [6.07, 6.45) is 4.28. The Kier molecular flexibility index (Phi) is 10.1. The van der Waals surface area contributed by atoms with Crippen molar-refractivity contribution in [1.82, 2.24) is 10.2 Å². The van der Waals surface area contributed by atoms with Crippen molar-refractivity contribution in [1.29, 1.82) is 0 Å². The van der Waals surface area contributed by atoms with Gasteiger partial charge in [-0.1, -0.05) is 55.3 Å². The molecule has 2 amide bonds. The van der Waals surface area contributed by atoms with Crippen LogP contribution in [0.4, 0.5) is 5.69 Å². The number of nitro groups is 1. The molecule has 0 bridgehead atoms. The minimum atomic E-state index is -0.799. The molecule has 0 unspecified atom stereocenters. The van der Waals surface area contributed by atoms with Gasteiger partial charge < -0.3 is 24.4 Å². The molecule has 0 spiro atoms. The van der Waals surface area contributed by atoms with Gasteiger partial charge in [0, 0.05) is 31.1 Å². The normalized spacial score (nSPS) is 13.7. The molecule has 0 aromatic heterocycles. The highest BCUT2D eigenvalue weighted by molar-refractivity contribution is 5.88. The van der Waals surface area contributed by atoms with Crippen molar-refractivity contribution in [3.05, 3.63) is 94.0 Å². The lowest BCUT2D eigenvalue weighted by atomic mass is 10.0. The fourth-order valence-electron chi connectivity index (χ4n) is 5.02. The number of carbonyl (C=O) groups excluding carboxylic acids is 2. The summed E-state index contributed by atoms with van der Waals surface area (Å²) >= 11 is 0. The number of rotatable bonds is 13. The third-order valence-electron chi connectivity index (χ3n) is 7.17. The Morgan fingerprint density at radius 3 is 2.37 bits per heavy atom. The van der Waals surface area contributed by atoms with Crippen molar-refractivity contribution < 1.29 is 28.7 Å². The van der Waals surface area contributed by atoms with E-state index in [1.54, 1.807) is 7.11 Å². The fourth-order valence-corrected chi connectivity index (χ4v) is 5.02. The summed E-state index contributed by atoms with van der Waals surface area (Å²) in [7, 11) is 2.89. The zero-order chi connectivity index (χ0) is 29.2. The summed E-state index contributed by atoms with van der Waals surface area (Å²) in [5.41, 5.74) is 1.50. The second kappa shape index (κ2) is 14.2. The predicted molar refractivity (Wildman–Crippen MR) is 153 cm³/mol. The van der Waals surface area contributed by atoms with E-state index in [1.165, 1.54) is 30.2 Å². The quantitative estimate of drug-likeness (QED) is 0.237. The molecule has 1 fully saturated rings. The molecule has 10 heteroatoms. The summed E-state index contributed by atoms with van der Waals surface area (Å²) in [5.74, 6) is 0.268. The van der Waals surface area contributed by atoms with E-state index in [9.17, 15) is 19.7 Å². The van der Waals surface area contributed by atoms with Gasteiger partial charge in [0.1, 0.15) is 17.5 Å². The van der Waals surface area contributed by atoms with E-state index in [0.717, 1.165) is 36.8 Å². The number of ether oxygens (including phenoxy) is 3. The number of carbonyl (C=O) groups is 2. The van der Waals surface area contributed by atoms with E-state index in [-0.39, 0.29) is 42.3 Å². The Bertz CT molecular complexity index is 1340. The van der Waals surface area contributed by atoms with Gasteiger partial charge in [-0.3, -0.25) is 19.7 Å². The molecule has 3 aromatic carbocycles. The largest absolute Gasteiger partial charge is 0.497 e. The van der Waals surface area contributed by atoms with Gasteiger partial charge in [0.25, 0.3) is 5.91 Å². The fraction of sp³-hybridized carbons (Fsp3) is 0.355. The smallest absolute Gasteiger partial charge is 0.311 e. The number of nitrogens with one attached hydrogen (secondary N) is 1. The average molecular weight is 562 g/mol. The van der Waals surface area contributed by atoms with Gasteiger partial charge in [-0.25, -0.2) is 0 Å². The topological polar surface area (TPSA) is 120 Å². The van der Waals surface area contributed by atoms with Crippen molar-refractivity contribution in [3.8, 4) is 17.2 Å². The first-order chi connectivity index (χ1) is 19.9. The van der Waals surface area contributed by atoms with Crippen molar-refractivity contribution in [3.63, 3.8) is 0 Å². The van der Waals surface area contributed by atoms with Crippen LogP contribution < -0.4 is 19.5 Å². The van der Waals surface area contributed by atoms with Gasteiger partial charge in [-0.15, -0.1) is 0 Å². The van der Waals surface area contributed by atoms with Crippen LogP contribution >= 0.6 is 0 Å². The lowest BCUT2D eigenvalue weighted by molar-refractivity contribution is -0.385. The van der Waals surface area contributed by atoms with Gasteiger partial charge in [0.2, 0.25) is 11.7 Å². The maximum absolute atomic E-state index is 13.8. The van der Waals surface area contributed by atoms with E-state index in [2.05, 4.69) is 5.32 Å². The Labute approximate surface area is 239 Å². The molecule has 1 aliphatic rings. The predicted octanol–water partition coefficient (Wildman–Crippen LogP) is 4.69. The van der Waals surface area contributed by atoms with Crippen molar-refractivity contribution in [2.75, 3.05) is 20.8 Å². The molecule has 216 valence electrons. The Balaban J connectivity index is 1.62. The molecular weight excluding hydrogens is 526 g/mol. The van der Waals surface area contributed by atoms with Crippen molar-refractivity contribution in [2.24, 2.45) is 0 Å². The number of nitrogens with zero attached hydrogens (tertiary/aromatic N) is 2. The van der Waals surface area contributed by atoms with Crippen LogP contribution in [-0.4, -0.2) is 54.5 Å². The summed E-state index contributed by atoms with van der Waals surface area (Å²) in [6, 6.07) is 20.3. The minimum Gasteiger partial charge on any atom is -0.497 e. The molecule has 1 aliphatic carbocycles. The molecule has 1 saturated carbocycles. The molecule has 0 radical (unpaired) electrons. The van der Waals surface area contributed by atoms with Crippen LogP contribution in [0.2, 0.25) is 0 Å². The molecule has 4 rings (SSSR count). The number of hydrogen-bond donors (Lipinski definition) is 1. The van der Waals surface area contributed by atoms with Crippen LogP contribution in [0.1, 0.15) is 36.8 Å². The maximum Gasteiger partial charge on any atom is 0.311 e. The highest BCUT2D eigenvalue weighted by Crippen LogP contribution is 2.31. The Morgan fingerprint density at radius 2 is 1.68 bits per heavy atom. The minimum absolute atomic E-state index is 0.0195. The van der Waals surface area contributed by atoms with Crippen LogP contribution in [-0.2, 0) is 22.6 Å². The molecule has 1 atom stereocenters. The van der Waals surface area contributed by atoms with Gasteiger partial charge in [-0.2, -0.15) is 0 Å². The number of hydrogen-bond acceptors (Lipinski definition) is 7. The van der Waals surface area contributed by atoms with E-state index in [1.807, 2.05) is 54.6 Å². The van der Waals surface area contributed by atoms with E-state index < -0.39 is 16.9 Å². The lowest BCUT2D eigenvalue weighted by Gasteiger charge is -2.32. The lowest BCUT2D eigenvalue weighted by Crippen LogP contribution is -2.53. The van der Waals surface area contributed by atoms with Crippen LogP contribution in [0.3, 0.4) is 0 Å². The standard InChI is InChI=1S/C31H35N3O7/c1-39-25-14-8-11-23(17-25)20-33(30(35)21-41-26-15-16-27(34(37)38)29(19-26)40-2)28(18-22-9-4-3-5-10-22)31(36)32-24-12-6-7-13-24/h3-5,8-11,14-17,19,24,28H,6-7,12-13,18,20-21H2,1-2H3,(H,32,36)/t28-/m0/s1. The first-order valence-corrected chi connectivity index (χ1v) is 13.6. The summed E-state index contributed by atoms with van der Waals surface area (Å²) in [6.45, 7) is -0.231. The number of benzene rings is 3. The zero-order valence-corrected chi connectivity index (χ0v) is 23.3. The van der Waals surface area contributed by atoms with E-state index >= 15 is 0 Å². The second-order valence-electron chi connectivity index (χ2n) is 9.95. The van der Waals surface area contributed by atoms with Crippen LogP contribution in [0.25, 0.3) is 0 Å². The molecule has 0 heterocycles. The van der Waals surface area contributed by atoms with Crippen LogP contribution in [0.15, 0.2) is 72.8 Å². The third-order valence-corrected chi connectivity index (χ3v) is 7.17. The highest BCUT2D eigenvalue weighted by Gasteiger charge is 2.32. The zero-order valence-electron chi connectivity index (χ0n) is 23.3. The molecule has 0 saturated heterocycles. The van der Waals surface area contributed by atoms with E-state index in [0.29, 0.717) is 12.2 Å². The Hall–Kier alpha value is -4.60. The summed E-state index contributed by atoms with van der Waals surface area (Å²) in [5, 5.41) is 14.4. The number of nitro benzene ring substituents is 1. The van der Waals surface area contributed by atoms with E-state index in [4.69, 9.17) is 14.2 Å². The first-order valence-electron chi connectivity index (χ1n) is 13.6. The van der Waals surface area contributed by atoms with Crippen molar-refractivity contribution >= 4 is 17.5 Å². The maximum atomic E-state index is 13.8. The van der Waals surface area contributed by atoms with Gasteiger partial charge in [0.05, 0.1) is 19.1 Å². The second-order valence-corrected chi connectivity index (χ2v) is 9.95. The van der Waals surface area contributed by atoms with Crippen LogP contribution in [0.5, 0.6) is 17.2 Å². The SMILES string of the molecule is COc1cccc(CN(C(=O)COc2ccc([N+](=O)[O-])c(OC)c2)[C@@H](Cc2ccccc2)C(=O)NC2CCCC2)c1. The number of methoxy groups -OCH3 is 2.